The lowest BCUT2D eigenvalue weighted by Gasteiger charge is -2.24. The van der Waals surface area contributed by atoms with E-state index in [0.717, 1.165) is 31.2 Å². The molecule has 0 atom stereocenters. The average Bonchev–Trinajstić information content (AvgIpc) is 2.84. The lowest BCUT2D eigenvalue weighted by Crippen LogP contribution is -2.35. The Bertz CT molecular complexity index is 534. The molecule has 0 unspecified atom stereocenters. The highest BCUT2D eigenvalue weighted by molar-refractivity contribution is 7.89. The van der Waals surface area contributed by atoms with E-state index in [1.807, 2.05) is 0 Å². The first-order valence-electron chi connectivity index (χ1n) is 6.27. The third-order valence-corrected chi connectivity index (χ3v) is 5.76. The van der Waals surface area contributed by atoms with Gasteiger partial charge in [0.15, 0.2) is 0 Å². The van der Waals surface area contributed by atoms with E-state index >= 15 is 0 Å². The fourth-order valence-electron chi connectivity index (χ4n) is 2.51. The summed E-state index contributed by atoms with van der Waals surface area (Å²) in [5, 5.41) is 0. The minimum absolute atomic E-state index is 0.135. The Morgan fingerprint density at radius 1 is 1.28 bits per heavy atom. The first-order chi connectivity index (χ1) is 8.43. The third kappa shape index (κ3) is 2.37. The number of aryl methyl sites for hydroxylation is 1. The van der Waals surface area contributed by atoms with Crippen LogP contribution in [0.3, 0.4) is 0 Å². The Morgan fingerprint density at radius 2 is 1.89 bits per heavy atom. The molecule has 0 aliphatic heterocycles. The van der Waals surface area contributed by atoms with Crippen LogP contribution in [0.15, 0.2) is 23.1 Å². The van der Waals surface area contributed by atoms with Crippen LogP contribution in [0.25, 0.3) is 0 Å². The number of hydrogen-bond acceptors (Lipinski definition) is 3. The zero-order valence-electron chi connectivity index (χ0n) is 10.9. The van der Waals surface area contributed by atoms with Crippen molar-refractivity contribution in [3.8, 4) is 0 Å². The molecule has 0 heterocycles. The standard InChI is InChI=1S/C13H20N2O2S/c1-10-7-8-11(14)9-13(10)18(16,17)15(2)12-5-3-4-6-12/h7-9,12H,3-6,14H2,1-2H3. The molecular formula is C13H20N2O2S. The molecule has 0 aromatic heterocycles. The SMILES string of the molecule is Cc1ccc(N)cc1S(=O)(=O)N(C)C1CCCC1. The fourth-order valence-corrected chi connectivity index (χ4v) is 4.19. The molecule has 0 amide bonds. The van der Waals surface area contributed by atoms with Crippen LogP contribution >= 0.6 is 0 Å². The van der Waals surface area contributed by atoms with Crippen LogP contribution in [0, 0.1) is 6.92 Å². The monoisotopic (exact) mass is 268 g/mol. The molecule has 1 aromatic carbocycles. The maximum Gasteiger partial charge on any atom is 0.243 e. The van der Waals surface area contributed by atoms with Crippen molar-refractivity contribution in [2.75, 3.05) is 12.8 Å². The van der Waals surface area contributed by atoms with E-state index in [1.54, 1.807) is 32.2 Å². The van der Waals surface area contributed by atoms with Gasteiger partial charge in [-0.3, -0.25) is 0 Å². The molecule has 4 nitrogen and oxygen atoms in total. The van der Waals surface area contributed by atoms with Crippen molar-refractivity contribution in [3.63, 3.8) is 0 Å². The molecule has 0 radical (unpaired) electrons. The smallest absolute Gasteiger partial charge is 0.243 e. The first kappa shape index (κ1) is 13.4. The van der Waals surface area contributed by atoms with Gasteiger partial charge in [0.05, 0.1) is 4.90 Å². The van der Waals surface area contributed by atoms with Crippen LogP contribution in [-0.4, -0.2) is 25.8 Å². The predicted molar refractivity (Wildman–Crippen MR) is 72.8 cm³/mol. The van der Waals surface area contributed by atoms with Crippen LogP contribution in [0.4, 0.5) is 5.69 Å². The summed E-state index contributed by atoms with van der Waals surface area (Å²) in [6.07, 6.45) is 4.13. The fraction of sp³-hybridized carbons (Fsp3) is 0.538. The Hall–Kier alpha value is -1.07. The van der Waals surface area contributed by atoms with Crippen molar-refractivity contribution in [2.24, 2.45) is 0 Å². The number of hydrogen-bond donors (Lipinski definition) is 1. The van der Waals surface area contributed by atoms with Crippen LogP contribution in [-0.2, 0) is 10.0 Å². The average molecular weight is 268 g/mol. The van der Waals surface area contributed by atoms with Gasteiger partial charge in [0.25, 0.3) is 0 Å². The molecule has 1 saturated carbocycles. The maximum atomic E-state index is 12.6. The molecule has 2 N–H and O–H groups in total. The number of nitrogen functional groups attached to an aromatic ring is 1. The van der Waals surface area contributed by atoms with E-state index < -0.39 is 10.0 Å². The van der Waals surface area contributed by atoms with Gasteiger partial charge in [0.2, 0.25) is 10.0 Å². The molecule has 1 fully saturated rings. The van der Waals surface area contributed by atoms with Crippen LogP contribution < -0.4 is 5.73 Å². The quantitative estimate of drug-likeness (QED) is 0.854. The highest BCUT2D eigenvalue weighted by Crippen LogP contribution is 2.29. The number of nitrogens with zero attached hydrogens (tertiary/aromatic N) is 1. The van der Waals surface area contributed by atoms with Gasteiger partial charge < -0.3 is 5.73 Å². The summed E-state index contributed by atoms with van der Waals surface area (Å²) in [4.78, 5) is 0.330. The third-order valence-electron chi connectivity index (χ3n) is 3.71. The molecular weight excluding hydrogens is 248 g/mol. The second kappa shape index (κ2) is 4.90. The molecule has 0 saturated heterocycles. The normalized spacial score (nSPS) is 17.5. The van der Waals surface area contributed by atoms with Gasteiger partial charge in [-0.2, -0.15) is 4.31 Å². The number of sulfonamides is 1. The predicted octanol–water partition coefficient (Wildman–Crippen LogP) is 2.14. The van der Waals surface area contributed by atoms with Gasteiger partial charge >= 0.3 is 0 Å². The molecule has 0 bridgehead atoms. The van der Waals surface area contributed by atoms with Crippen molar-refractivity contribution < 1.29 is 8.42 Å². The van der Waals surface area contributed by atoms with Gasteiger partial charge in [-0.05, 0) is 37.5 Å². The maximum absolute atomic E-state index is 12.6. The van der Waals surface area contributed by atoms with E-state index in [-0.39, 0.29) is 6.04 Å². The first-order valence-corrected chi connectivity index (χ1v) is 7.71. The van der Waals surface area contributed by atoms with Gasteiger partial charge in [-0.15, -0.1) is 0 Å². The summed E-state index contributed by atoms with van der Waals surface area (Å²) >= 11 is 0. The summed E-state index contributed by atoms with van der Waals surface area (Å²) in [6, 6.07) is 5.17. The van der Waals surface area contributed by atoms with Crippen LogP contribution in [0.5, 0.6) is 0 Å². The molecule has 18 heavy (non-hydrogen) atoms. The minimum Gasteiger partial charge on any atom is -0.399 e. The van der Waals surface area contributed by atoms with Crippen molar-refractivity contribution in [2.45, 2.75) is 43.5 Å². The molecule has 1 aromatic rings. The second-order valence-corrected chi connectivity index (χ2v) is 6.95. The van der Waals surface area contributed by atoms with E-state index in [1.165, 1.54) is 4.31 Å². The Labute approximate surface area is 109 Å². The van der Waals surface area contributed by atoms with Crippen molar-refractivity contribution in [1.82, 2.24) is 4.31 Å². The summed E-state index contributed by atoms with van der Waals surface area (Å²) in [6.45, 7) is 1.80. The molecule has 2 rings (SSSR count). The summed E-state index contributed by atoms with van der Waals surface area (Å²) in [5.41, 5.74) is 6.92. The molecule has 0 spiro atoms. The van der Waals surface area contributed by atoms with E-state index in [9.17, 15) is 8.42 Å². The summed E-state index contributed by atoms with van der Waals surface area (Å²) < 4.78 is 26.6. The number of rotatable bonds is 3. The van der Waals surface area contributed by atoms with Crippen LogP contribution in [0.2, 0.25) is 0 Å². The second-order valence-electron chi connectivity index (χ2n) is 4.98. The van der Waals surface area contributed by atoms with Crippen LogP contribution in [0.1, 0.15) is 31.2 Å². The summed E-state index contributed by atoms with van der Waals surface area (Å²) in [7, 11) is -1.75. The Balaban J connectivity index is 2.37. The highest BCUT2D eigenvalue weighted by atomic mass is 32.2. The van der Waals surface area contributed by atoms with Crippen molar-refractivity contribution >= 4 is 15.7 Å². The lowest BCUT2D eigenvalue weighted by molar-refractivity contribution is 0.373. The van der Waals surface area contributed by atoms with Crippen molar-refractivity contribution in [1.29, 1.82) is 0 Å². The van der Waals surface area contributed by atoms with Gasteiger partial charge in [0.1, 0.15) is 0 Å². The number of benzene rings is 1. The zero-order valence-corrected chi connectivity index (χ0v) is 11.7. The van der Waals surface area contributed by atoms with Gasteiger partial charge in [-0.25, -0.2) is 8.42 Å². The number of nitrogens with two attached hydrogens (primary N) is 1. The molecule has 1 aliphatic carbocycles. The topological polar surface area (TPSA) is 63.4 Å². The zero-order chi connectivity index (χ0) is 13.3. The highest BCUT2D eigenvalue weighted by Gasteiger charge is 2.30. The molecule has 100 valence electrons. The molecule has 1 aliphatic rings. The summed E-state index contributed by atoms with van der Waals surface area (Å²) in [5.74, 6) is 0. The molecule has 5 heteroatoms. The van der Waals surface area contributed by atoms with E-state index in [2.05, 4.69) is 0 Å². The number of anilines is 1. The Morgan fingerprint density at radius 3 is 2.50 bits per heavy atom. The lowest BCUT2D eigenvalue weighted by atomic mass is 10.2. The van der Waals surface area contributed by atoms with Gasteiger partial charge in [0, 0.05) is 18.8 Å². The van der Waals surface area contributed by atoms with Gasteiger partial charge in [-0.1, -0.05) is 18.9 Å². The van der Waals surface area contributed by atoms with Crippen molar-refractivity contribution in [3.05, 3.63) is 23.8 Å². The Kier molecular flexibility index (Phi) is 3.64. The van der Waals surface area contributed by atoms with E-state index in [4.69, 9.17) is 5.73 Å². The van der Waals surface area contributed by atoms with E-state index in [0.29, 0.717) is 10.6 Å². The minimum atomic E-state index is -3.42. The largest absolute Gasteiger partial charge is 0.399 e.